The van der Waals surface area contributed by atoms with E-state index in [2.05, 4.69) is 19.2 Å². The maximum absolute atomic E-state index is 12.0. The van der Waals surface area contributed by atoms with Crippen molar-refractivity contribution >= 4 is 5.78 Å². The van der Waals surface area contributed by atoms with Crippen LogP contribution >= 0.6 is 0 Å². The molecule has 94 valence electrons. The van der Waals surface area contributed by atoms with Crippen LogP contribution in [0, 0.1) is 5.92 Å². The van der Waals surface area contributed by atoms with Gasteiger partial charge in [-0.15, -0.1) is 0 Å². The highest BCUT2D eigenvalue weighted by atomic mass is 16.1. The largest absolute Gasteiger partial charge is 0.315 e. The first-order valence-electron chi connectivity index (χ1n) is 6.96. The van der Waals surface area contributed by atoms with Gasteiger partial charge in [-0.05, 0) is 25.8 Å². The molecular weight excluding hydrogens is 198 g/mol. The molecule has 1 aliphatic carbocycles. The number of Topliss-reactive ketones (excluding diaryl/α,β-unsaturated/α-hetero) is 1. The Morgan fingerprint density at radius 3 is 2.38 bits per heavy atom. The highest BCUT2D eigenvalue weighted by Gasteiger charge is 2.19. The lowest BCUT2D eigenvalue weighted by Gasteiger charge is -2.13. The fourth-order valence-electron chi connectivity index (χ4n) is 2.46. The molecule has 0 unspecified atom stereocenters. The molecule has 0 amide bonds. The van der Waals surface area contributed by atoms with E-state index in [-0.39, 0.29) is 0 Å². The molecule has 16 heavy (non-hydrogen) atoms. The Balaban J connectivity index is 2.13. The lowest BCUT2D eigenvalue weighted by atomic mass is 9.93. The fraction of sp³-hybridized carbons (Fsp3) is 0.929. The molecule has 1 fully saturated rings. The normalized spacial score (nSPS) is 18.7. The van der Waals surface area contributed by atoms with E-state index in [1.807, 2.05) is 0 Å². The molecule has 0 spiro atoms. The van der Waals surface area contributed by atoms with Crippen molar-refractivity contribution in [2.45, 2.75) is 71.3 Å². The molecule has 0 aromatic heterocycles. The van der Waals surface area contributed by atoms with Crippen molar-refractivity contribution in [2.75, 3.05) is 6.54 Å². The second-order valence-corrected chi connectivity index (χ2v) is 5.37. The summed E-state index contributed by atoms with van der Waals surface area (Å²) in [7, 11) is 0. The average molecular weight is 225 g/mol. The first-order valence-corrected chi connectivity index (χ1v) is 6.96. The molecule has 2 nitrogen and oxygen atoms in total. The molecular formula is C14H27NO. The zero-order valence-corrected chi connectivity index (χ0v) is 10.9. The van der Waals surface area contributed by atoms with Crippen molar-refractivity contribution in [3.05, 3.63) is 0 Å². The molecule has 0 aromatic rings. The summed E-state index contributed by atoms with van der Waals surface area (Å²) in [5.41, 5.74) is 0. The smallest absolute Gasteiger partial charge is 0.136 e. The molecule has 0 radical (unpaired) electrons. The molecule has 0 atom stereocenters. The summed E-state index contributed by atoms with van der Waals surface area (Å²) in [5, 5.41) is 3.36. The third-order valence-corrected chi connectivity index (χ3v) is 3.46. The Labute approximate surface area is 100 Å². The molecule has 1 rings (SSSR count). The maximum atomic E-state index is 12.0. The van der Waals surface area contributed by atoms with Crippen LogP contribution in [0.25, 0.3) is 0 Å². The van der Waals surface area contributed by atoms with Crippen LogP contribution in [0.2, 0.25) is 0 Å². The van der Waals surface area contributed by atoms with Gasteiger partial charge in [0.2, 0.25) is 0 Å². The molecule has 1 aliphatic rings. The first-order chi connectivity index (χ1) is 7.70. The summed E-state index contributed by atoms with van der Waals surface area (Å²) in [6.07, 6.45) is 9.28. The first kappa shape index (κ1) is 13.7. The van der Waals surface area contributed by atoms with E-state index in [0.29, 0.717) is 17.7 Å². The number of nitrogens with one attached hydrogen (secondary N) is 1. The molecule has 0 bridgehead atoms. The summed E-state index contributed by atoms with van der Waals surface area (Å²) in [6, 6.07) is 0.535. The van der Waals surface area contributed by atoms with Crippen LogP contribution in [0.5, 0.6) is 0 Å². The predicted molar refractivity (Wildman–Crippen MR) is 68.6 cm³/mol. The zero-order valence-electron chi connectivity index (χ0n) is 10.9. The van der Waals surface area contributed by atoms with Crippen LogP contribution in [-0.4, -0.2) is 18.4 Å². The Morgan fingerprint density at radius 2 is 1.81 bits per heavy atom. The minimum Gasteiger partial charge on any atom is -0.315 e. The van der Waals surface area contributed by atoms with Crippen LogP contribution in [0.3, 0.4) is 0 Å². The van der Waals surface area contributed by atoms with Crippen LogP contribution in [0.4, 0.5) is 0 Å². The summed E-state index contributed by atoms with van der Waals surface area (Å²) in [4.78, 5) is 12.0. The van der Waals surface area contributed by atoms with Gasteiger partial charge in [-0.25, -0.2) is 0 Å². The van der Waals surface area contributed by atoms with E-state index in [9.17, 15) is 4.79 Å². The molecule has 0 heterocycles. The van der Waals surface area contributed by atoms with E-state index in [0.717, 1.165) is 32.2 Å². The Morgan fingerprint density at radius 1 is 1.19 bits per heavy atom. The summed E-state index contributed by atoms with van der Waals surface area (Å²) >= 11 is 0. The Bertz CT molecular complexity index is 193. The second kappa shape index (κ2) is 7.83. The van der Waals surface area contributed by atoms with E-state index in [1.165, 1.54) is 25.7 Å². The quantitative estimate of drug-likeness (QED) is 0.555. The van der Waals surface area contributed by atoms with Crippen molar-refractivity contribution in [3.63, 3.8) is 0 Å². The molecule has 0 aliphatic heterocycles. The van der Waals surface area contributed by atoms with Crippen molar-refractivity contribution in [1.29, 1.82) is 0 Å². The van der Waals surface area contributed by atoms with Crippen LogP contribution < -0.4 is 5.32 Å². The molecule has 1 N–H and O–H groups in total. The van der Waals surface area contributed by atoms with Crippen molar-refractivity contribution in [1.82, 2.24) is 5.32 Å². The van der Waals surface area contributed by atoms with Gasteiger partial charge >= 0.3 is 0 Å². The number of carbonyl (C=O) groups excluding carboxylic acids is 1. The van der Waals surface area contributed by atoms with Crippen LogP contribution in [0.1, 0.15) is 65.2 Å². The van der Waals surface area contributed by atoms with Gasteiger partial charge < -0.3 is 5.32 Å². The standard InChI is InChI=1S/C14H27NO/c1-12(2)15-11-7-10-14(16)13-8-5-3-4-6-9-13/h12-13,15H,3-11H2,1-2H3. The van der Waals surface area contributed by atoms with E-state index < -0.39 is 0 Å². The van der Waals surface area contributed by atoms with Gasteiger partial charge in [-0.2, -0.15) is 0 Å². The van der Waals surface area contributed by atoms with Gasteiger partial charge in [0.05, 0.1) is 0 Å². The van der Waals surface area contributed by atoms with E-state index >= 15 is 0 Å². The Hall–Kier alpha value is -0.370. The summed E-state index contributed by atoms with van der Waals surface area (Å²) in [5.74, 6) is 0.911. The third kappa shape index (κ3) is 5.64. The van der Waals surface area contributed by atoms with Crippen LogP contribution in [-0.2, 0) is 4.79 Å². The highest BCUT2D eigenvalue weighted by molar-refractivity contribution is 5.80. The number of hydrogen-bond acceptors (Lipinski definition) is 2. The minimum absolute atomic E-state index is 0.390. The number of hydrogen-bond donors (Lipinski definition) is 1. The van der Waals surface area contributed by atoms with Crippen molar-refractivity contribution in [2.24, 2.45) is 5.92 Å². The molecule has 2 heteroatoms. The highest BCUT2D eigenvalue weighted by Crippen LogP contribution is 2.24. The summed E-state index contributed by atoms with van der Waals surface area (Å²) < 4.78 is 0. The molecule has 1 saturated carbocycles. The molecule has 0 saturated heterocycles. The van der Waals surface area contributed by atoms with Gasteiger partial charge in [0, 0.05) is 18.4 Å². The number of ketones is 1. The fourth-order valence-corrected chi connectivity index (χ4v) is 2.46. The lowest BCUT2D eigenvalue weighted by Crippen LogP contribution is -2.24. The Kier molecular flexibility index (Phi) is 6.70. The van der Waals surface area contributed by atoms with Gasteiger partial charge in [0.25, 0.3) is 0 Å². The number of carbonyl (C=O) groups is 1. The minimum atomic E-state index is 0.390. The SMILES string of the molecule is CC(C)NCCCC(=O)C1CCCCCC1. The van der Waals surface area contributed by atoms with Crippen molar-refractivity contribution in [3.8, 4) is 0 Å². The van der Waals surface area contributed by atoms with Gasteiger partial charge in [0.1, 0.15) is 5.78 Å². The van der Waals surface area contributed by atoms with E-state index in [1.54, 1.807) is 0 Å². The lowest BCUT2D eigenvalue weighted by molar-refractivity contribution is -0.123. The van der Waals surface area contributed by atoms with Gasteiger partial charge in [-0.1, -0.05) is 39.5 Å². The summed E-state index contributed by atoms with van der Waals surface area (Å²) in [6.45, 7) is 5.27. The maximum Gasteiger partial charge on any atom is 0.136 e. The van der Waals surface area contributed by atoms with Crippen LogP contribution in [0.15, 0.2) is 0 Å². The predicted octanol–water partition coefficient (Wildman–Crippen LogP) is 3.30. The monoisotopic (exact) mass is 225 g/mol. The topological polar surface area (TPSA) is 29.1 Å². The number of rotatable bonds is 6. The third-order valence-electron chi connectivity index (χ3n) is 3.46. The second-order valence-electron chi connectivity index (χ2n) is 5.37. The van der Waals surface area contributed by atoms with E-state index in [4.69, 9.17) is 0 Å². The van der Waals surface area contributed by atoms with Crippen molar-refractivity contribution < 1.29 is 4.79 Å². The van der Waals surface area contributed by atoms with Gasteiger partial charge in [-0.3, -0.25) is 4.79 Å². The molecule has 0 aromatic carbocycles. The van der Waals surface area contributed by atoms with Gasteiger partial charge in [0.15, 0.2) is 0 Å². The average Bonchev–Trinajstić information content (AvgIpc) is 2.52. The zero-order chi connectivity index (χ0) is 11.8.